The van der Waals surface area contributed by atoms with Crippen LogP contribution in [0.1, 0.15) is 172 Å². The second-order valence-electron chi connectivity index (χ2n) is 30.9. The molecule has 7 aromatic rings. The van der Waals surface area contributed by atoms with E-state index in [0.29, 0.717) is 44.1 Å². The van der Waals surface area contributed by atoms with Gasteiger partial charge in [0, 0.05) is 68.2 Å². The fourth-order valence-corrected chi connectivity index (χ4v) is 18.8. The molecule has 5 atom stereocenters. The van der Waals surface area contributed by atoms with Crippen molar-refractivity contribution in [3.8, 4) is 0 Å². The van der Waals surface area contributed by atoms with Crippen LogP contribution in [0.4, 0.5) is 11.4 Å². The van der Waals surface area contributed by atoms with E-state index < -0.39 is 6.61 Å². The van der Waals surface area contributed by atoms with E-state index in [1.54, 1.807) is 6.07 Å². The largest absolute Gasteiger partial charge is 0.465 e. The summed E-state index contributed by atoms with van der Waals surface area (Å²) in [6.45, 7) is 8.01. The minimum Gasteiger partial charge on any atom is -0.465 e. The Morgan fingerprint density at radius 1 is 0.394 bits per heavy atom. The van der Waals surface area contributed by atoms with E-state index in [4.69, 9.17) is 36.3 Å². The number of anilines is 2. The molecule has 1 amide bonds. The number of aryl methyl sites for hydroxylation is 5. The number of fused-ring (bicyclic) bond motifs is 5. The molecule has 5 fully saturated rings. The van der Waals surface area contributed by atoms with Crippen LogP contribution in [-0.2, 0) is 88.0 Å². The summed E-state index contributed by atoms with van der Waals surface area (Å²) in [7, 11) is 5.68. The highest BCUT2D eigenvalue weighted by atomic mass is 32.1. The van der Waals surface area contributed by atoms with Crippen molar-refractivity contribution >= 4 is 132 Å². The molecule has 7 aromatic carbocycles. The lowest BCUT2D eigenvalue weighted by Gasteiger charge is -2.35. The summed E-state index contributed by atoms with van der Waals surface area (Å²) in [6, 6.07) is 50.9. The van der Waals surface area contributed by atoms with Crippen molar-refractivity contribution in [1.82, 2.24) is 16.0 Å². The van der Waals surface area contributed by atoms with Gasteiger partial charge in [-0.05, 0) is 286 Å². The number of aliphatic hydroxyl groups is 1. The van der Waals surface area contributed by atoms with Crippen molar-refractivity contribution in [2.24, 2.45) is 27.1 Å². The second-order valence-corrected chi connectivity index (χ2v) is 31.3. The Morgan fingerprint density at radius 3 is 1.11 bits per heavy atom. The van der Waals surface area contributed by atoms with Crippen LogP contribution >= 0.6 is 79.7 Å². The Labute approximate surface area is 683 Å². The number of nitrogens with one attached hydrogen (secondary N) is 3. The quantitative estimate of drug-likeness (QED) is 0.0484. The predicted octanol–water partition coefficient (Wildman–Crippen LogP) is 13.3. The highest BCUT2D eigenvalue weighted by molar-refractivity contribution is 7.80. The number of amides is 1. The fraction of sp³-hybridized carbons (Fsp3) is 0.437. The number of methoxy groups -OCH3 is 4. The van der Waals surface area contributed by atoms with E-state index >= 15 is 0 Å². The van der Waals surface area contributed by atoms with E-state index in [1.807, 2.05) is 60.7 Å². The average Bonchev–Trinajstić information content (AvgIpc) is 1.73. The number of ketones is 1. The van der Waals surface area contributed by atoms with Crippen molar-refractivity contribution in [2.75, 3.05) is 97.2 Å². The van der Waals surface area contributed by atoms with Crippen molar-refractivity contribution in [2.45, 2.75) is 128 Å². The van der Waals surface area contributed by atoms with Gasteiger partial charge in [0.25, 0.3) is 0 Å². The van der Waals surface area contributed by atoms with Gasteiger partial charge < -0.3 is 49.8 Å². The van der Waals surface area contributed by atoms with Gasteiger partial charge in [-0.15, -0.1) is 0 Å². The zero-order valence-corrected chi connectivity index (χ0v) is 69.1. The van der Waals surface area contributed by atoms with Gasteiger partial charge in [0.05, 0.1) is 61.1 Å². The zero-order valence-electron chi connectivity index (χ0n) is 63.3. The number of para-hydroxylation sites is 2. The topological polar surface area (TPSA) is 202 Å². The highest BCUT2D eigenvalue weighted by Crippen LogP contribution is 2.48. The minimum atomic E-state index is -0.411. The lowest BCUT2D eigenvalue weighted by Crippen LogP contribution is -2.36. The van der Waals surface area contributed by atoms with Gasteiger partial charge >= 0.3 is 23.9 Å². The summed E-state index contributed by atoms with van der Waals surface area (Å²) in [5, 5.41) is 18.8. The number of nitrogens with zero attached hydrogens (tertiary/aromatic N) is 2. The smallest absolute Gasteiger partial charge is 0.337 e. The molecule has 0 aromatic heterocycles. The van der Waals surface area contributed by atoms with Gasteiger partial charge in [0.2, 0.25) is 5.91 Å². The van der Waals surface area contributed by atoms with Gasteiger partial charge in [-0.1, -0.05) is 85.0 Å². The monoisotopic (exact) mass is 1590 g/mol. The average molecular weight is 1590 g/mol. The number of benzene rings is 7. The predicted molar refractivity (Wildman–Crippen MR) is 460 cm³/mol. The molecule has 16 nitrogen and oxygen atoms in total. The van der Waals surface area contributed by atoms with E-state index in [-0.39, 0.29) is 114 Å². The summed E-state index contributed by atoms with van der Waals surface area (Å²) in [4.78, 5) is 76.4. The van der Waals surface area contributed by atoms with E-state index in [1.165, 1.54) is 128 Å². The van der Waals surface area contributed by atoms with Crippen molar-refractivity contribution in [3.63, 3.8) is 0 Å². The van der Waals surface area contributed by atoms with Crippen LogP contribution in [-0.4, -0.2) is 133 Å². The molecule has 10 aliphatic rings. The molecule has 5 aliphatic heterocycles. The number of rotatable bonds is 8. The Bertz CT molecular complexity index is 4160. The summed E-state index contributed by atoms with van der Waals surface area (Å²) in [5.41, 5.74) is 19.9. The summed E-state index contributed by atoms with van der Waals surface area (Å²) < 4.78 is 19.2. The Morgan fingerprint density at radius 2 is 0.743 bits per heavy atom. The van der Waals surface area contributed by atoms with Gasteiger partial charge in [-0.2, -0.15) is 67.5 Å². The lowest BCUT2D eigenvalue weighted by atomic mass is 9.70. The van der Waals surface area contributed by atoms with E-state index in [9.17, 15) is 28.8 Å². The van der Waals surface area contributed by atoms with E-state index in [0.717, 1.165) is 153 Å². The van der Waals surface area contributed by atoms with Crippen LogP contribution in [0.2, 0.25) is 0 Å². The third kappa shape index (κ3) is 19.6. The van der Waals surface area contributed by atoms with Crippen LogP contribution in [0, 0.1) is 27.1 Å². The maximum absolute atomic E-state index is 12.0. The molecule has 0 saturated carbocycles. The molecule has 17 rings (SSSR count). The first-order valence-corrected chi connectivity index (χ1v) is 37.7. The third-order valence-corrected chi connectivity index (χ3v) is 25.2. The molecular formula is C87H109N5O11S6. The van der Waals surface area contributed by atoms with Gasteiger partial charge in [0.1, 0.15) is 6.61 Å². The first kappa shape index (κ1) is 87.3. The van der Waals surface area contributed by atoms with E-state index in [2.05, 4.69) is 111 Å². The molecule has 0 unspecified atom stereocenters. The molecule has 5 aliphatic carbocycles. The minimum absolute atomic E-state index is 0. The Hall–Kier alpha value is -7.28. The third-order valence-electron chi connectivity index (χ3n) is 24.6. The van der Waals surface area contributed by atoms with Crippen molar-refractivity contribution in [1.29, 1.82) is 0 Å². The van der Waals surface area contributed by atoms with Crippen LogP contribution in [0.25, 0.3) is 0 Å². The second kappa shape index (κ2) is 38.3. The van der Waals surface area contributed by atoms with Crippen LogP contribution < -0.4 is 25.8 Å². The molecule has 109 heavy (non-hydrogen) atoms. The van der Waals surface area contributed by atoms with Gasteiger partial charge in [-0.3, -0.25) is 9.59 Å². The molecule has 5 saturated heterocycles. The number of thiocarbonyl (C=S) groups is 1. The first-order chi connectivity index (χ1) is 50.4. The highest BCUT2D eigenvalue weighted by Gasteiger charge is 2.46. The van der Waals surface area contributed by atoms with Gasteiger partial charge in [-0.25, -0.2) is 19.2 Å². The number of Topliss-reactive ketones (excluding diaryl/α,β-unsaturated/α-hetero) is 1. The molecular weight excluding hydrogens is 1480 g/mol. The lowest BCUT2D eigenvalue weighted by molar-refractivity contribution is -0.128. The number of aliphatic hydroxyl groups excluding tert-OH is 1. The maximum Gasteiger partial charge on any atom is 0.337 e. The molecule has 4 N–H and O–H groups in total. The zero-order chi connectivity index (χ0) is 72.6. The molecule has 22 heteroatoms. The van der Waals surface area contributed by atoms with Crippen molar-refractivity contribution < 1.29 is 52.8 Å². The Balaban J connectivity index is 0.000000170. The summed E-state index contributed by atoms with van der Waals surface area (Å²) >= 11 is 5.48. The standard InChI is InChI=1S/2C21H23NO2.C15H17NO3.C15H17NO2S.C15H19NO2.5H2S/c1-24-20(23)17-8-7-16-9-10-21(14-18(16)13-17)11-12-22(15-21)19-5-3-2-4-6-19;23-14-20(24)17-7-6-16-8-9-21(13-18(16)12-17)10-11-22(15-21)19-4-2-1-3-5-19;1-19-13(17)11-3-2-10-4-5-15(9-12(10)8-11)6-7-16-14(15)18;1-18-13(17)11-3-2-10-4-5-15(9-12(10)8-11)6-7-16-14(15)19;1-18-14(17)12-3-2-11-4-5-15(6-7-16-10-15)9-13(11)8-12;;;;;/h2-8,13H,9-12,14-15H2,1H3;1-7,12,23H,8-11,13-15H2;2-3,8H,4-7,9H2,1H3,(H,16,18);2-3,8H,4-7,9H2,1H3,(H,16,19);2-3,8,16H,4-7,9-10H2,1H3;5*1H2/t2*21-;3*15-;;;;;/m11111...../s1. The van der Waals surface area contributed by atoms with Gasteiger partial charge in [0.15, 0.2) is 5.78 Å². The molecule has 5 spiro atoms. The van der Waals surface area contributed by atoms with Crippen LogP contribution in [0.3, 0.4) is 0 Å². The number of esters is 4. The summed E-state index contributed by atoms with van der Waals surface area (Å²) in [5.74, 6) is -1.08. The normalized spacial score (nSPS) is 22.9. The maximum atomic E-state index is 12.0. The number of carbonyl (C=O) groups excluding carboxylic acids is 6. The summed E-state index contributed by atoms with van der Waals surface area (Å²) in [6.07, 6.45) is 21.6. The first-order valence-electron chi connectivity index (χ1n) is 37.3. The van der Waals surface area contributed by atoms with Crippen LogP contribution in [0.15, 0.2) is 152 Å². The van der Waals surface area contributed by atoms with Crippen LogP contribution in [0.5, 0.6) is 0 Å². The molecule has 5 heterocycles. The molecule has 0 bridgehead atoms. The SMILES string of the molecule is COC(=O)c1ccc2c(c1)C[C@@]1(CC2)CCN(c2ccccc2)C1.COC(=O)c1ccc2c(c1)C[C@]1(CCNC1)CC2.COC(=O)c1ccc2c(c1)C[C@]1(CCNC1=O)CC2.COC(=O)c1ccc2c(c1)C[C@]1(CCNC1=S)CC2.O=C(CO)c1ccc2c(c1)C[C@@]1(CC2)CCN(c2ccccc2)C1.S.S.S.S.S. The fourth-order valence-electron chi connectivity index (χ4n) is 18.4. The number of hydrogen-bond donors (Lipinski definition) is 4. The molecule has 0 radical (unpaired) electrons. The molecule has 584 valence electrons. The number of hydrogen-bond acceptors (Lipinski definition) is 15. The number of ether oxygens (including phenoxy) is 4. The number of carbonyl (C=O) groups is 6. The van der Waals surface area contributed by atoms with Crippen molar-refractivity contribution in [3.05, 3.63) is 235 Å². The Kier molecular flexibility index (Phi) is 30.7.